The maximum absolute atomic E-state index is 13.8. The quantitative estimate of drug-likeness (QED) is 0.568. The first-order valence-electron chi connectivity index (χ1n) is 10.9. The molecule has 3 aromatic rings. The Morgan fingerprint density at radius 1 is 0.939 bits per heavy atom. The highest BCUT2D eigenvalue weighted by molar-refractivity contribution is 7.91. The molecule has 2 aliphatic rings. The largest absolute Gasteiger partial charge is 0.486 e. The minimum Gasteiger partial charge on any atom is -0.486 e. The summed E-state index contributed by atoms with van der Waals surface area (Å²) in [4.78, 5) is 6.46. The Labute approximate surface area is 193 Å². The van der Waals surface area contributed by atoms with Crippen molar-refractivity contribution in [2.75, 3.05) is 31.2 Å². The van der Waals surface area contributed by atoms with E-state index in [2.05, 4.69) is 4.98 Å². The van der Waals surface area contributed by atoms with Gasteiger partial charge >= 0.3 is 0 Å². The predicted octanol–water partition coefficient (Wildman–Crippen LogP) is 3.87. The van der Waals surface area contributed by atoms with Crippen LogP contribution < -0.4 is 14.4 Å². The number of benzene rings is 2. The third kappa shape index (κ3) is 4.18. The molecule has 3 heterocycles. The van der Waals surface area contributed by atoms with Gasteiger partial charge in [-0.15, -0.1) is 0 Å². The van der Waals surface area contributed by atoms with Crippen LogP contribution in [0.2, 0.25) is 0 Å². The topological polar surface area (TPSA) is 91.1 Å². The van der Waals surface area contributed by atoms with Crippen LogP contribution in [-0.4, -0.2) is 51.9 Å². The van der Waals surface area contributed by atoms with E-state index in [1.165, 1.54) is 12.1 Å². The van der Waals surface area contributed by atoms with Crippen molar-refractivity contribution in [1.29, 1.82) is 0 Å². The molecule has 0 N–H and O–H groups in total. The number of ether oxygens (including phenoxy) is 3. The van der Waals surface area contributed by atoms with Gasteiger partial charge in [0.05, 0.1) is 17.1 Å². The van der Waals surface area contributed by atoms with Gasteiger partial charge in [0.1, 0.15) is 13.2 Å². The van der Waals surface area contributed by atoms with Crippen molar-refractivity contribution in [3.63, 3.8) is 0 Å². The van der Waals surface area contributed by atoms with E-state index in [9.17, 15) is 8.42 Å². The van der Waals surface area contributed by atoms with E-state index in [0.717, 1.165) is 5.56 Å². The Balaban J connectivity index is 1.62. The van der Waals surface area contributed by atoms with E-state index in [1.807, 2.05) is 49.9 Å². The lowest BCUT2D eigenvalue weighted by Gasteiger charge is -2.35. The summed E-state index contributed by atoms with van der Waals surface area (Å²) in [5.74, 6) is 1.41. The lowest BCUT2D eigenvalue weighted by Crippen LogP contribution is -2.45. The molecule has 0 spiro atoms. The van der Waals surface area contributed by atoms with Crippen molar-refractivity contribution < 1.29 is 27.0 Å². The first kappa shape index (κ1) is 21.8. The van der Waals surface area contributed by atoms with Gasteiger partial charge < -0.3 is 23.5 Å². The van der Waals surface area contributed by atoms with Gasteiger partial charge in [0.2, 0.25) is 26.6 Å². The Kier molecular flexibility index (Phi) is 5.54. The van der Waals surface area contributed by atoms with Gasteiger partial charge in [-0.2, -0.15) is 4.98 Å². The van der Waals surface area contributed by atoms with Gasteiger partial charge in [0.15, 0.2) is 11.5 Å². The number of aromatic nitrogens is 1. The summed E-state index contributed by atoms with van der Waals surface area (Å²) < 4.78 is 50.6. The molecule has 0 amide bonds. The van der Waals surface area contributed by atoms with Crippen LogP contribution in [-0.2, 0) is 14.6 Å². The van der Waals surface area contributed by atoms with E-state index in [0.29, 0.717) is 43.4 Å². The zero-order valence-corrected chi connectivity index (χ0v) is 19.6. The molecule has 1 saturated heterocycles. The second-order valence-electron chi connectivity index (χ2n) is 8.47. The second-order valence-corrected chi connectivity index (χ2v) is 10.3. The average molecular weight is 471 g/mol. The van der Waals surface area contributed by atoms with E-state index in [1.54, 1.807) is 6.07 Å². The molecule has 8 nitrogen and oxygen atoms in total. The second kappa shape index (κ2) is 8.39. The smallest absolute Gasteiger partial charge is 0.236 e. The number of rotatable bonds is 4. The average Bonchev–Trinajstić information content (AvgIpc) is 3.25. The lowest BCUT2D eigenvalue weighted by atomic mass is 10.1. The number of hydrogen-bond donors (Lipinski definition) is 0. The van der Waals surface area contributed by atoms with Crippen molar-refractivity contribution in [1.82, 2.24) is 4.98 Å². The number of sulfone groups is 1. The highest BCUT2D eigenvalue weighted by Gasteiger charge is 2.35. The Bertz CT molecular complexity index is 1260. The highest BCUT2D eigenvalue weighted by atomic mass is 32.2. The van der Waals surface area contributed by atoms with Crippen molar-refractivity contribution >= 4 is 15.7 Å². The van der Waals surface area contributed by atoms with Gasteiger partial charge in [0, 0.05) is 24.7 Å². The minimum atomic E-state index is -4.01. The molecule has 1 aromatic heterocycles. The summed E-state index contributed by atoms with van der Waals surface area (Å²) in [6, 6.07) is 12.2. The molecule has 9 heteroatoms. The molecule has 0 aliphatic carbocycles. The number of aryl methyl sites for hydroxylation is 1. The molecule has 0 bridgehead atoms. The molecule has 2 aliphatic heterocycles. The SMILES string of the molecule is Cc1ccc(-c2nc(S(=O)(=O)c3ccc4c(c3)OCCO4)c(N3CC(C)OC(C)C3)o2)cc1. The van der Waals surface area contributed by atoms with Gasteiger partial charge in [-0.05, 0) is 45.0 Å². The number of anilines is 1. The molecule has 33 heavy (non-hydrogen) atoms. The monoisotopic (exact) mass is 470 g/mol. The summed E-state index contributed by atoms with van der Waals surface area (Å²) in [5.41, 5.74) is 1.80. The Morgan fingerprint density at radius 3 is 2.30 bits per heavy atom. The highest BCUT2D eigenvalue weighted by Crippen LogP contribution is 2.39. The molecule has 0 radical (unpaired) electrons. The number of hydrogen-bond acceptors (Lipinski definition) is 8. The van der Waals surface area contributed by atoms with Gasteiger partial charge in [-0.3, -0.25) is 0 Å². The summed E-state index contributed by atoms with van der Waals surface area (Å²) in [7, 11) is -4.01. The van der Waals surface area contributed by atoms with Crippen LogP contribution >= 0.6 is 0 Å². The fourth-order valence-electron chi connectivity index (χ4n) is 4.14. The zero-order chi connectivity index (χ0) is 23.2. The van der Waals surface area contributed by atoms with Crippen LogP contribution in [0.15, 0.2) is 56.8 Å². The molecule has 2 unspecified atom stereocenters. The normalized spacial score (nSPS) is 20.6. The lowest BCUT2D eigenvalue weighted by molar-refractivity contribution is -0.00657. The molecule has 2 atom stereocenters. The van der Waals surface area contributed by atoms with E-state index < -0.39 is 9.84 Å². The van der Waals surface area contributed by atoms with Crippen LogP contribution in [0.4, 0.5) is 5.88 Å². The Hall–Kier alpha value is -3.04. The first-order valence-corrected chi connectivity index (χ1v) is 12.4. The summed E-state index contributed by atoms with van der Waals surface area (Å²) in [5, 5.41) is -0.115. The zero-order valence-electron chi connectivity index (χ0n) is 18.8. The third-order valence-corrected chi connectivity index (χ3v) is 7.31. The van der Waals surface area contributed by atoms with Gasteiger partial charge in [-0.25, -0.2) is 8.42 Å². The van der Waals surface area contributed by atoms with Crippen LogP contribution in [0.5, 0.6) is 11.5 Å². The summed E-state index contributed by atoms with van der Waals surface area (Å²) in [6.45, 7) is 7.68. The minimum absolute atomic E-state index is 0.0751. The summed E-state index contributed by atoms with van der Waals surface area (Å²) >= 11 is 0. The van der Waals surface area contributed by atoms with Crippen LogP contribution in [0.25, 0.3) is 11.5 Å². The molecule has 1 fully saturated rings. The van der Waals surface area contributed by atoms with Crippen molar-refractivity contribution in [2.24, 2.45) is 0 Å². The Morgan fingerprint density at radius 2 is 1.61 bits per heavy atom. The fourth-order valence-corrected chi connectivity index (χ4v) is 5.48. The molecule has 5 rings (SSSR count). The maximum Gasteiger partial charge on any atom is 0.236 e. The molecule has 0 saturated carbocycles. The molecular formula is C24H26N2O6S. The first-order chi connectivity index (χ1) is 15.8. The van der Waals surface area contributed by atoms with Gasteiger partial charge in [0.25, 0.3) is 0 Å². The third-order valence-electron chi connectivity index (χ3n) is 5.66. The van der Waals surface area contributed by atoms with Crippen molar-refractivity contribution in [3.05, 3.63) is 48.0 Å². The standard InChI is InChI=1S/C24H26N2O6S/c1-15-4-6-18(7-5-15)22-25-23(24(32-22)26-13-16(2)31-17(3)14-26)33(27,28)19-8-9-20-21(12-19)30-11-10-29-20/h4-9,12,16-17H,10-11,13-14H2,1-3H3. The van der Waals surface area contributed by atoms with E-state index in [-0.39, 0.29) is 33.9 Å². The molecular weight excluding hydrogens is 444 g/mol. The number of morpholine rings is 1. The van der Waals surface area contributed by atoms with Crippen LogP contribution in [0.3, 0.4) is 0 Å². The van der Waals surface area contributed by atoms with E-state index >= 15 is 0 Å². The van der Waals surface area contributed by atoms with Crippen molar-refractivity contribution in [3.8, 4) is 23.0 Å². The van der Waals surface area contributed by atoms with Gasteiger partial charge in [-0.1, -0.05) is 17.7 Å². The maximum atomic E-state index is 13.8. The van der Waals surface area contributed by atoms with Crippen molar-refractivity contribution in [2.45, 2.75) is 42.9 Å². The number of oxazole rings is 1. The fraction of sp³-hybridized carbons (Fsp3) is 0.375. The summed E-state index contributed by atoms with van der Waals surface area (Å²) in [6.07, 6.45) is -0.155. The van der Waals surface area contributed by atoms with E-state index in [4.69, 9.17) is 18.6 Å². The van der Waals surface area contributed by atoms with Crippen LogP contribution in [0.1, 0.15) is 19.4 Å². The number of fused-ring (bicyclic) bond motifs is 1. The predicted molar refractivity (Wildman–Crippen MR) is 122 cm³/mol. The van der Waals surface area contributed by atoms with Crippen LogP contribution in [0, 0.1) is 6.92 Å². The molecule has 2 aromatic carbocycles. The number of nitrogens with zero attached hydrogens (tertiary/aromatic N) is 2. The molecule has 174 valence electrons.